The summed E-state index contributed by atoms with van der Waals surface area (Å²) < 4.78 is 0. The number of pyridine rings is 1. The summed E-state index contributed by atoms with van der Waals surface area (Å²) in [6, 6.07) is 10.7. The fourth-order valence-electron chi connectivity index (χ4n) is 6.84. The first-order chi connectivity index (χ1) is 13.1. The molecule has 4 aliphatic rings. The molecule has 6 rings (SSSR count). The van der Waals surface area contributed by atoms with Crippen LogP contribution in [-0.2, 0) is 5.41 Å². The number of para-hydroxylation sites is 1. The maximum absolute atomic E-state index is 13.1. The molecule has 3 nitrogen and oxygen atoms in total. The van der Waals surface area contributed by atoms with E-state index in [4.69, 9.17) is 4.98 Å². The van der Waals surface area contributed by atoms with Crippen LogP contribution in [0.2, 0.25) is 0 Å². The molecule has 0 unspecified atom stereocenters. The van der Waals surface area contributed by atoms with Gasteiger partial charge in [-0.2, -0.15) is 0 Å². The van der Waals surface area contributed by atoms with Crippen molar-refractivity contribution in [3.8, 4) is 0 Å². The first-order valence-electron chi connectivity index (χ1n) is 10.8. The Kier molecular flexibility index (Phi) is 4.03. The molecule has 4 bridgehead atoms. The Morgan fingerprint density at radius 2 is 1.63 bits per heavy atom. The lowest BCUT2D eigenvalue weighted by Gasteiger charge is -2.57. The maximum Gasteiger partial charge on any atom is 0.272 e. The van der Waals surface area contributed by atoms with Crippen LogP contribution in [0.1, 0.15) is 68.4 Å². The van der Waals surface area contributed by atoms with Crippen LogP contribution in [0.4, 0.5) is 0 Å². The third kappa shape index (κ3) is 2.69. The van der Waals surface area contributed by atoms with Crippen molar-refractivity contribution in [1.29, 1.82) is 0 Å². The molecule has 2 aromatic rings. The van der Waals surface area contributed by atoms with Gasteiger partial charge in [-0.1, -0.05) is 18.2 Å². The first-order valence-corrected chi connectivity index (χ1v) is 10.8. The van der Waals surface area contributed by atoms with Crippen LogP contribution in [0.3, 0.4) is 0 Å². The summed E-state index contributed by atoms with van der Waals surface area (Å²) in [6.07, 6.45) is 8.25. The molecule has 1 amide bonds. The molecule has 3 heteroatoms. The normalized spacial score (nSPS) is 31.4. The van der Waals surface area contributed by atoms with Crippen molar-refractivity contribution in [1.82, 2.24) is 9.88 Å². The van der Waals surface area contributed by atoms with Crippen LogP contribution in [-0.4, -0.2) is 28.9 Å². The maximum atomic E-state index is 13.1. The average molecular weight is 363 g/mol. The lowest BCUT2D eigenvalue weighted by molar-refractivity contribution is -0.00454. The second-order valence-electron chi connectivity index (χ2n) is 9.25. The number of carbonyl (C=O) groups is 1. The fraction of sp³-hybridized carbons (Fsp3) is 0.583. The monoisotopic (exact) mass is 362 g/mol. The number of aromatic nitrogens is 1. The van der Waals surface area contributed by atoms with E-state index in [0.717, 1.165) is 36.4 Å². The summed E-state index contributed by atoms with van der Waals surface area (Å²) in [5.74, 6) is 2.76. The van der Waals surface area contributed by atoms with Gasteiger partial charge in [0.2, 0.25) is 0 Å². The van der Waals surface area contributed by atoms with E-state index < -0.39 is 0 Å². The molecule has 0 saturated heterocycles. The molecule has 4 aliphatic carbocycles. The van der Waals surface area contributed by atoms with Crippen LogP contribution in [0.5, 0.6) is 0 Å². The molecule has 142 valence electrons. The number of rotatable bonds is 4. The van der Waals surface area contributed by atoms with E-state index in [1.807, 2.05) is 24.8 Å². The van der Waals surface area contributed by atoms with Gasteiger partial charge in [-0.25, -0.2) is 4.98 Å². The van der Waals surface area contributed by atoms with Crippen molar-refractivity contribution < 1.29 is 4.79 Å². The van der Waals surface area contributed by atoms with E-state index in [1.165, 1.54) is 49.5 Å². The zero-order chi connectivity index (χ0) is 18.6. The predicted octanol–water partition coefficient (Wildman–Crippen LogP) is 5.18. The number of hydrogen-bond donors (Lipinski definition) is 0. The van der Waals surface area contributed by atoms with Crippen molar-refractivity contribution in [3.05, 3.63) is 41.6 Å². The van der Waals surface area contributed by atoms with Crippen molar-refractivity contribution in [2.75, 3.05) is 13.1 Å². The number of fused-ring (bicyclic) bond motifs is 1. The number of amides is 1. The van der Waals surface area contributed by atoms with E-state index in [0.29, 0.717) is 5.69 Å². The Morgan fingerprint density at radius 1 is 1.04 bits per heavy atom. The Bertz CT molecular complexity index is 848. The highest BCUT2D eigenvalue weighted by Crippen LogP contribution is 2.61. The minimum atomic E-state index is 0.0803. The Hall–Kier alpha value is -1.90. The van der Waals surface area contributed by atoms with Crippen LogP contribution >= 0.6 is 0 Å². The molecular formula is C24H30N2O. The summed E-state index contributed by atoms with van der Waals surface area (Å²) >= 11 is 0. The molecule has 1 aromatic heterocycles. The summed E-state index contributed by atoms with van der Waals surface area (Å²) in [5.41, 5.74) is 3.32. The third-order valence-corrected chi connectivity index (χ3v) is 7.60. The standard InChI is InChI=1S/C24H30N2O/c1-3-26(4-2)23(27)22-12-20(19-7-5-6-8-21(19)25-22)24-13-16-9-17(14-24)11-18(10-16)15-24/h5-8,12,16-18H,3-4,9-11,13-15H2,1-2H3. The third-order valence-electron chi connectivity index (χ3n) is 7.60. The van der Waals surface area contributed by atoms with Crippen molar-refractivity contribution in [2.45, 2.75) is 57.8 Å². The Morgan fingerprint density at radius 3 is 2.22 bits per heavy atom. The molecule has 0 spiro atoms. The van der Waals surface area contributed by atoms with Crippen molar-refractivity contribution in [2.24, 2.45) is 17.8 Å². The Balaban J connectivity index is 1.66. The second-order valence-corrected chi connectivity index (χ2v) is 9.25. The molecule has 0 atom stereocenters. The Labute approximate surface area is 162 Å². The SMILES string of the molecule is CCN(CC)C(=O)c1cc(C23CC4CC(CC(C4)C2)C3)c2ccccc2n1. The number of carbonyl (C=O) groups excluding carboxylic acids is 1. The van der Waals surface area contributed by atoms with E-state index in [9.17, 15) is 4.79 Å². The average Bonchev–Trinajstić information content (AvgIpc) is 2.67. The highest BCUT2D eigenvalue weighted by molar-refractivity contribution is 5.96. The molecule has 0 N–H and O–H groups in total. The van der Waals surface area contributed by atoms with Gasteiger partial charge in [-0.3, -0.25) is 4.79 Å². The molecule has 27 heavy (non-hydrogen) atoms. The highest BCUT2D eigenvalue weighted by Gasteiger charge is 2.52. The van der Waals surface area contributed by atoms with Crippen LogP contribution < -0.4 is 0 Å². The smallest absolute Gasteiger partial charge is 0.272 e. The summed E-state index contributed by atoms with van der Waals surface area (Å²) in [5, 5.41) is 1.27. The molecule has 1 aromatic carbocycles. The quantitative estimate of drug-likeness (QED) is 0.750. The zero-order valence-corrected chi connectivity index (χ0v) is 16.6. The van der Waals surface area contributed by atoms with Gasteiger partial charge in [-0.15, -0.1) is 0 Å². The largest absolute Gasteiger partial charge is 0.338 e. The van der Waals surface area contributed by atoms with Gasteiger partial charge in [0.25, 0.3) is 5.91 Å². The fourth-order valence-corrected chi connectivity index (χ4v) is 6.84. The van der Waals surface area contributed by atoms with Crippen LogP contribution in [0.15, 0.2) is 30.3 Å². The summed E-state index contributed by atoms with van der Waals surface area (Å²) in [4.78, 5) is 19.8. The van der Waals surface area contributed by atoms with Gasteiger partial charge in [0, 0.05) is 18.5 Å². The van der Waals surface area contributed by atoms with Crippen LogP contribution in [0.25, 0.3) is 10.9 Å². The molecule has 1 heterocycles. The van der Waals surface area contributed by atoms with Gasteiger partial charge in [0.15, 0.2) is 0 Å². The minimum absolute atomic E-state index is 0.0803. The van der Waals surface area contributed by atoms with E-state index in [2.05, 4.69) is 24.3 Å². The number of hydrogen-bond acceptors (Lipinski definition) is 2. The number of benzene rings is 1. The zero-order valence-electron chi connectivity index (χ0n) is 16.6. The van der Waals surface area contributed by atoms with Gasteiger partial charge in [0.05, 0.1) is 5.52 Å². The predicted molar refractivity (Wildman–Crippen MR) is 109 cm³/mol. The molecule has 0 radical (unpaired) electrons. The topological polar surface area (TPSA) is 33.2 Å². The summed E-state index contributed by atoms with van der Waals surface area (Å²) in [7, 11) is 0. The van der Waals surface area contributed by atoms with Gasteiger partial charge in [-0.05, 0) is 93.2 Å². The molecular weight excluding hydrogens is 332 g/mol. The van der Waals surface area contributed by atoms with Gasteiger partial charge in [0.1, 0.15) is 5.69 Å². The lowest BCUT2D eigenvalue weighted by atomic mass is 9.48. The minimum Gasteiger partial charge on any atom is -0.338 e. The highest BCUT2D eigenvalue weighted by atomic mass is 16.2. The van der Waals surface area contributed by atoms with Gasteiger partial charge < -0.3 is 4.90 Å². The first kappa shape index (κ1) is 17.2. The molecule has 0 aliphatic heterocycles. The van der Waals surface area contributed by atoms with Crippen molar-refractivity contribution in [3.63, 3.8) is 0 Å². The lowest BCUT2D eigenvalue weighted by Crippen LogP contribution is -2.48. The van der Waals surface area contributed by atoms with Gasteiger partial charge >= 0.3 is 0 Å². The van der Waals surface area contributed by atoms with Crippen molar-refractivity contribution >= 4 is 16.8 Å². The molecule has 4 saturated carbocycles. The van der Waals surface area contributed by atoms with E-state index >= 15 is 0 Å². The van der Waals surface area contributed by atoms with Crippen LogP contribution in [0, 0.1) is 17.8 Å². The number of nitrogens with zero attached hydrogens (tertiary/aromatic N) is 2. The van der Waals surface area contributed by atoms with E-state index in [1.54, 1.807) is 0 Å². The molecule has 4 fully saturated rings. The summed E-state index contributed by atoms with van der Waals surface area (Å²) in [6.45, 7) is 5.55. The van der Waals surface area contributed by atoms with E-state index in [-0.39, 0.29) is 11.3 Å². The second kappa shape index (κ2) is 6.32.